The Bertz CT molecular complexity index is 703. The lowest BCUT2D eigenvalue weighted by Crippen LogP contribution is -2.35. The fourth-order valence-corrected chi connectivity index (χ4v) is 4.03. The Morgan fingerprint density at radius 3 is 3.04 bits per heavy atom. The van der Waals surface area contributed by atoms with Crippen LogP contribution in [0.4, 0.5) is 5.13 Å². The summed E-state index contributed by atoms with van der Waals surface area (Å²) in [7, 11) is 1.60. The molecular weight excluding hydrogens is 338 g/mol. The zero-order valence-corrected chi connectivity index (χ0v) is 15.4. The maximum atomic E-state index is 11.1. The molecule has 0 saturated carbocycles. The molecule has 3 heterocycles. The predicted octanol–water partition coefficient (Wildman–Crippen LogP) is 2.35. The van der Waals surface area contributed by atoms with E-state index in [-0.39, 0.29) is 5.91 Å². The Kier molecular flexibility index (Phi) is 5.93. The first-order chi connectivity index (χ1) is 12.1. The Morgan fingerprint density at radius 2 is 2.32 bits per heavy atom. The monoisotopic (exact) mass is 361 g/mol. The average molecular weight is 361 g/mol. The molecule has 25 heavy (non-hydrogen) atoms. The molecule has 1 unspecified atom stereocenters. The number of rotatable bonds is 6. The second kappa shape index (κ2) is 8.35. The van der Waals surface area contributed by atoms with E-state index in [0.717, 1.165) is 31.7 Å². The molecule has 1 saturated heterocycles. The van der Waals surface area contributed by atoms with Crippen molar-refractivity contribution in [2.24, 2.45) is 5.92 Å². The molecule has 0 aliphatic carbocycles. The van der Waals surface area contributed by atoms with Gasteiger partial charge in [-0.15, -0.1) is 16.4 Å². The van der Waals surface area contributed by atoms with Crippen LogP contribution in [0.25, 0.3) is 0 Å². The van der Waals surface area contributed by atoms with E-state index in [2.05, 4.69) is 25.4 Å². The molecular formula is C17H23N5O2S. The Hall–Kier alpha value is -2.06. The lowest BCUT2D eigenvalue weighted by Gasteiger charge is -2.32. The van der Waals surface area contributed by atoms with Gasteiger partial charge in [0.15, 0.2) is 5.13 Å². The first kappa shape index (κ1) is 17.8. The van der Waals surface area contributed by atoms with E-state index in [1.165, 1.54) is 24.6 Å². The van der Waals surface area contributed by atoms with Gasteiger partial charge in [-0.25, -0.2) is 4.98 Å². The van der Waals surface area contributed by atoms with Crippen molar-refractivity contribution < 1.29 is 9.53 Å². The van der Waals surface area contributed by atoms with Gasteiger partial charge in [0, 0.05) is 37.2 Å². The molecule has 1 aliphatic rings. The largest absolute Gasteiger partial charge is 0.480 e. The van der Waals surface area contributed by atoms with Crippen molar-refractivity contribution in [3.8, 4) is 5.88 Å². The summed E-state index contributed by atoms with van der Waals surface area (Å²) < 4.78 is 5.06. The molecule has 2 aromatic rings. The van der Waals surface area contributed by atoms with Crippen LogP contribution in [-0.4, -0.2) is 46.2 Å². The summed E-state index contributed by atoms with van der Waals surface area (Å²) in [5.74, 6) is 1.05. The van der Waals surface area contributed by atoms with Gasteiger partial charge in [-0.05, 0) is 37.8 Å². The van der Waals surface area contributed by atoms with Gasteiger partial charge < -0.3 is 10.1 Å². The van der Waals surface area contributed by atoms with Crippen LogP contribution in [0.5, 0.6) is 5.88 Å². The molecule has 8 heteroatoms. The molecule has 0 bridgehead atoms. The van der Waals surface area contributed by atoms with Crippen LogP contribution in [0.3, 0.4) is 0 Å². The number of aromatic nitrogens is 3. The molecule has 1 aliphatic heterocycles. The third-order valence-electron chi connectivity index (χ3n) is 4.22. The third-order valence-corrected chi connectivity index (χ3v) is 5.12. The zero-order valence-electron chi connectivity index (χ0n) is 14.6. The maximum absolute atomic E-state index is 11.1. The fraction of sp³-hybridized carbons (Fsp3) is 0.529. The van der Waals surface area contributed by atoms with Gasteiger partial charge >= 0.3 is 0 Å². The van der Waals surface area contributed by atoms with Gasteiger partial charge in [-0.1, -0.05) is 0 Å². The van der Waals surface area contributed by atoms with E-state index in [1.54, 1.807) is 18.4 Å². The summed E-state index contributed by atoms with van der Waals surface area (Å²) >= 11 is 1.54. The van der Waals surface area contributed by atoms with Crippen LogP contribution < -0.4 is 10.1 Å². The number of thiazole rings is 1. The molecule has 3 rings (SSSR count). The number of amides is 1. The summed E-state index contributed by atoms with van der Waals surface area (Å²) in [6, 6.07) is 3.86. The summed E-state index contributed by atoms with van der Waals surface area (Å²) in [5.41, 5.74) is 1.01. The Morgan fingerprint density at radius 1 is 1.44 bits per heavy atom. The molecule has 1 amide bonds. The first-order valence-electron chi connectivity index (χ1n) is 8.43. The molecule has 1 fully saturated rings. The molecule has 0 spiro atoms. The minimum Gasteiger partial charge on any atom is -0.480 e. The van der Waals surface area contributed by atoms with Gasteiger partial charge in [0.25, 0.3) is 0 Å². The Balaban J connectivity index is 1.53. The third kappa shape index (κ3) is 5.20. The molecule has 1 atom stereocenters. The van der Waals surface area contributed by atoms with Gasteiger partial charge in [0.2, 0.25) is 11.8 Å². The number of likely N-dealkylation sites (tertiary alicyclic amines) is 1. The standard InChI is InChI=1S/C17H23N5O2S/c1-12(23)19-17-18-9-15(25-17)11-22-7-3-4-13(10-22)8-14-5-6-16(24-2)21-20-14/h5-6,9,13H,3-4,7-8,10-11H2,1-2H3,(H,18,19,23). The minimum atomic E-state index is -0.0838. The Labute approximate surface area is 151 Å². The smallest absolute Gasteiger partial charge is 0.233 e. The van der Waals surface area contributed by atoms with Gasteiger partial charge in [-0.2, -0.15) is 5.10 Å². The summed E-state index contributed by atoms with van der Waals surface area (Å²) in [6.07, 6.45) is 5.19. The number of carbonyl (C=O) groups is 1. The fourth-order valence-electron chi connectivity index (χ4n) is 3.13. The number of hydrogen-bond donors (Lipinski definition) is 1. The van der Waals surface area contributed by atoms with E-state index >= 15 is 0 Å². The van der Waals surface area contributed by atoms with Crippen LogP contribution >= 0.6 is 11.3 Å². The highest BCUT2D eigenvalue weighted by Gasteiger charge is 2.21. The van der Waals surface area contributed by atoms with Crippen LogP contribution in [-0.2, 0) is 17.8 Å². The second-order valence-electron chi connectivity index (χ2n) is 6.33. The lowest BCUT2D eigenvalue weighted by molar-refractivity contribution is -0.114. The van der Waals surface area contributed by atoms with Crippen molar-refractivity contribution in [1.29, 1.82) is 0 Å². The molecule has 0 aromatic carbocycles. The molecule has 2 aromatic heterocycles. The SMILES string of the molecule is COc1ccc(CC2CCCN(Cc3cnc(NC(C)=O)s3)C2)nn1. The number of ether oxygens (including phenoxy) is 1. The number of methoxy groups -OCH3 is 1. The number of piperidine rings is 1. The normalized spacial score (nSPS) is 18.1. The van der Waals surface area contributed by atoms with Gasteiger partial charge in [0.05, 0.1) is 12.8 Å². The zero-order chi connectivity index (χ0) is 17.6. The highest BCUT2D eigenvalue weighted by Crippen LogP contribution is 2.25. The topological polar surface area (TPSA) is 80.2 Å². The van der Waals surface area contributed by atoms with Gasteiger partial charge in [0.1, 0.15) is 0 Å². The predicted molar refractivity (Wildman–Crippen MR) is 96.7 cm³/mol. The maximum Gasteiger partial charge on any atom is 0.233 e. The number of carbonyl (C=O) groups excluding carboxylic acids is 1. The van der Waals surface area contributed by atoms with E-state index in [0.29, 0.717) is 16.9 Å². The summed E-state index contributed by atoms with van der Waals surface area (Å²) in [5, 5.41) is 11.7. The number of nitrogens with one attached hydrogen (secondary N) is 1. The van der Waals surface area contributed by atoms with E-state index in [1.807, 2.05) is 18.3 Å². The molecule has 1 N–H and O–H groups in total. The van der Waals surface area contributed by atoms with Crippen molar-refractivity contribution in [3.63, 3.8) is 0 Å². The van der Waals surface area contributed by atoms with E-state index in [4.69, 9.17) is 4.74 Å². The van der Waals surface area contributed by atoms with Crippen LogP contribution in [0.1, 0.15) is 30.3 Å². The quantitative estimate of drug-likeness (QED) is 0.851. The van der Waals surface area contributed by atoms with Crippen LogP contribution in [0.15, 0.2) is 18.3 Å². The van der Waals surface area contributed by atoms with Crippen LogP contribution in [0.2, 0.25) is 0 Å². The highest BCUT2D eigenvalue weighted by atomic mass is 32.1. The second-order valence-corrected chi connectivity index (χ2v) is 7.44. The van der Waals surface area contributed by atoms with Crippen molar-refractivity contribution in [2.75, 3.05) is 25.5 Å². The number of nitrogens with zero attached hydrogens (tertiary/aromatic N) is 4. The molecule has 0 radical (unpaired) electrons. The van der Waals surface area contributed by atoms with E-state index < -0.39 is 0 Å². The van der Waals surface area contributed by atoms with Crippen molar-refractivity contribution >= 4 is 22.4 Å². The summed E-state index contributed by atoms with van der Waals surface area (Å²) in [4.78, 5) is 19.0. The summed E-state index contributed by atoms with van der Waals surface area (Å²) in [6.45, 7) is 4.51. The highest BCUT2D eigenvalue weighted by molar-refractivity contribution is 7.15. The molecule has 7 nitrogen and oxygen atoms in total. The first-order valence-corrected chi connectivity index (χ1v) is 9.25. The van der Waals surface area contributed by atoms with Crippen molar-refractivity contribution in [2.45, 2.75) is 32.7 Å². The minimum absolute atomic E-state index is 0.0838. The van der Waals surface area contributed by atoms with Crippen molar-refractivity contribution in [3.05, 3.63) is 28.9 Å². The molecule has 134 valence electrons. The van der Waals surface area contributed by atoms with E-state index in [9.17, 15) is 4.79 Å². The lowest BCUT2D eigenvalue weighted by atomic mass is 9.93. The van der Waals surface area contributed by atoms with Gasteiger partial charge in [-0.3, -0.25) is 9.69 Å². The number of hydrogen-bond acceptors (Lipinski definition) is 7. The van der Waals surface area contributed by atoms with Crippen LogP contribution in [0, 0.1) is 5.92 Å². The average Bonchev–Trinajstić information content (AvgIpc) is 3.02. The van der Waals surface area contributed by atoms with Crippen molar-refractivity contribution in [1.82, 2.24) is 20.1 Å². The number of anilines is 1.